The van der Waals surface area contributed by atoms with Gasteiger partial charge in [-0.1, -0.05) is 105 Å². The van der Waals surface area contributed by atoms with Crippen molar-refractivity contribution in [1.29, 1.82) is 0 Å². The van der Waals surface area contributed by atoms with Gasteiger partial charge in [-0.3, -0.25) is 4.90 Å². The van der Waals surface area contributed by atoms with Crippen LogP contribution in [0, 0.1) is 34.9 Å². The average molecular weight is 1520 g/mol. The van der Waals surface area contributed by atoms with Gasteiger partial charge in [-0.2, -0.15) is 0 Å². The molecule has 0 fully saturated rings. The lowest BCUT2D eigenvalue weighted by Crippen LogP contribution is -2.48. The van der Waals surface area contributed by atoms with Crippen molar-refractivity contribution in [3.63, 3.8) is 0 Å². The first-order valence-corrected chi connectivity index (χ1v) is 38.3. The number of halogens is 6. The first-order valence-electron chi connectivity index (χ1n) is 38.3. The Morgan fingerprint density at radius 2 is 0.536 bits per heavy atom. The van der Waals surface area contributed by atoms with Crippen LogP contribution in [0.25, 0.3) is 0 Å². The van der Waals surface area contributed by atoms with Crippen LogP contribution in [0.2, 0.25) is 0 Å². The second-order valence-corrected chi connectivity index (χ2v) is 28.8. The van der Waals surface area contributed by atoms with Gasteiger partial charge in [-0.25, -0.2) is 26.3 Å². The Bertz CT molecular complexity index is 4080. The highest BCUT2D eigenvalue weighted by Crippen LogP contribution is 2.36. The molecule has 0 aliphatic carbocycles. The molecule has 0 aromatic heterocycles. The molecular weight excluding hydrogens is 1420 g/mol. The molecule has 15 nitrogen and oxygen atoms in total. The lowest BCUT2D eigenvalue weighted by molar-refractivity contribution is -0.0295. The molecule has 9 aromatic carbocycles. The van der Waals surface area contributed by atoms with Gasteiger partial charge in [0.05, 0.1) is 12.2 Å². The van der Waals surface area contributed by atoms with E-state index in [1.807, 2.05) is 110 Å². The molecule has 6 aliphatic rings. The number of ether oxygens (including phenoxy) is 6. The number of nitrogens with zero attached hydrogens (tertiary/aromatic N) is 1. The standard InChI is InChI=1S/C29H31F2NO4.2C18H20FNO2.2C12H15FO2/c30-22-8-12-26-20(14-22)6-10-28(35-26)24(33)17-32(16-19-4-2-1-3-5-19)18-25(34)29-11-7-21-15-23(31)9-13-27(21)36-29;2*19-15-7-9-17-14(10-15)6-8-18(22-17)16(21)12-20-11-13-4-2-1-3-5-13;2*1-2-10(14)12-5-3-8-7-9(13)4-6-11(8)15-12/h1-5,8-9,12-15,24-25,28-29,33-34H,6-7,10-11,16-18H2;2*1-5,7,9-10,16,18,20-21H,6,8,11-12H2;2*4,6-7,10,12,14H,2-3,5H2,1H3/t24-,25-,28-,29+;16-,18+;16-,18-;10-,12+;10-,12-/m11111/s1. The molecule has 0 spiro atoms. The van der Waals surface area contributed by atoms with Crippen molar-refractivity contribution in [2.45, 2.75) is 197 Å². The van der Waals surface area contributed by atoms with Gasteiger partial charge in [-0.15, -0.1) is 0 Å². The monoisotopic (exact) mass is 1520 g/mol. The topological polar surface area (TPSA) is 204 Å². The number of aliphatic hydroxyl groups excluding tert-OH is 6. The SMILES string of the molecule is CC[C@@H](O)[C@@H]1CCc2cc(F)ccc2O1.CC[C@@H](O)[C@H]1CCc2cc(F)ccc2O1.O[C@H](CN(Cc1ccccc1)C[C@@H](O)[C@H]1CCc2cc(F)ccc2O1)[C@@H]1CCc2cc(F)ccc2O1.O[C@H](CNCc1ccccc1)[C@@H]1CCc2cc(F)ccc2O1.O[C@H](CNCc1ccccc1)[C@H]1CCc2cc(F)ccc2O1. The Hall–Kier alpha value is -9.00. The third kappa shape index (κ3) is 24.0. The predicted octanol–water partition coefficient (Wildman–Crippen LogP) is 14.2. The summed E-state index contributed by atoms with van der Waals surface area (Å²) in [6.07, 6.45) is 4.45. The van der Waals surface area contributed by atoms with Crippen molar-refractivity contribution in [3.05, 3.63) is 285 Å². The van der Waals surface area contributed by atoms with Gasteiger partial charge >= 0.3 is 0 Å². The van der Waals surface area contributed by atoms with Crippen molar-refractivity contribution in [3.8, 4) is 34.5 Å². The summed E-state index contributed by atoms with van der Waals surface area (Å²) in [5.74, 6) is 2.45. The first kappa shape index (κ1) is 82.0. The summed E-state index contributed by atoms with van der Waals surface area (Å²) >= 11 is 0. The van der Waals surface area contributed by atoms with Gasteiger partial charge in [0.15, 0.2) is 0 Å². The zero-order valence-electron chi connectivity index (χ0n) is 62.2. The summed E-state index contributed by atoms with van der Waals surface area (Å²) < 4.78 is 114. The minimum atomic E-state index is -0.796. The summed E-state index contributed by atoms with van der Waals surface area (Å²) in [5.41, 5.74) is 8.59. The summed E-state index contributed by atoms with van der Waals surface area (Å²) in [4.78, 5) is 2.01. The van der Waals surface area contributed by atoms with E-state index in [1.165, 1.54) is 83.9 Å². The van der Waals surface area contributed by atoms with Crippen molar-refractivity contribution < 1.29 is 85.4 Å². The molecule has 0 radical (unpaired) electrons. The summed E-state index contributed by atoms with van der Waals surface area (Å²) in [6.45, 7) is 7.34. The van der Waals surface area contributed by atoms with E-state index in [2.05, 4.69) is 10.6 Å². The van der Waals surface area contributed by atoms with Crippen LogP contribution in [-0.2, 0) is 58.2 Å². The van der Waals surface area contributed by atoms with E-state index in [4.69, 9.17) is 28.4 Å². The molecule has 15 rings (SSSR count). The van der Waals surface area contributed by atoms with E-state index < -0.39 is 48.8 Å². The first-order chi connectivity index (χ1) is 53.3. The zero-order valence-corrected chi connectivity index (χ0v) is 62.2. The van der Waals surface area contributed by atoms with E-state index in [0.717, 1.165) is 77.5 Å². The van der Waals surface area contributed by atoms with Crippen molar-refractivity contribution in [2.75, 3.05) is 26.2 Å². The number of hydrogen-bond acceptors (Lipinski definition) is 15. The Labute approximate surface area is 640 Å². The molecule has 6 aliphatic heterocycles. The summed E-state index contributed by atoms with van der Waals surface area (Å²) in [7, 11) is 0. The second kappa shape index (κ2) is 40.8. The van der Waals surface area contributed by atoms with Crippen LogP contribution in [0.5, 0.6) is 34.5 Å². The van der Waals surface area contributed by atoms with E-state index in [0.29, 0.717) is 132 Å². The number of benzene rings is 9. The summed E-state index contributed by atoms with van der Waals surface area (Å²) in [5, 5.41) is 68.5. The molecule has 0 bridgehead atoms. The maximum absolute atomic E-state index is 13.5. The number of aliphatic hydroxyl groups is 6. The molecule has 12 atom stereocenters. The molecule has 586 valence electrons. The van der Waals surface area contributed by atoms with Crippen LogP contribution >= 0.6 is 0 Å². The fourth-order valence-corrected chi connectivity index (χ4v) is 14.4. The van der Waals surface area contributed by atoms with E-state index in [-0.39, 0.29) is 59.3 Å². The second-order valence-electron chi connectivity index (χ2n) is 28.8. The number of rotatable bonds is 22. The largest absolute Gasteiger partial charge is 0.487 e. The normalized spacial score (nSPS) is 20.0. The van der Waals surface area contributed by atoms with Gasteiger partial charge in [0.2, 0.25) is 0 Å². The van der Waals surface area contributed by atoms with Crippen LogP contribution in [-0.4, -0.2) is 135 Å². The Balaban J connectivity index is 0.000000142. The number of nitrogens with one attached hydrogen (secondary N) is 2. The van der Waals surface area contributed by atoms with Crippen molar-refractivity contribution in [1.82, 2.24) is 15.5 Å². The number of fused-ring (bicyclic) bond motifs is 6. The molecule has 6 heterocycles. The molecule has 0 amide bonds. The van der Waals surface area contributed by atoms with Gasteiger partial charge in [0.1, 0.15) is 130 Å². The fraction of sp³-hybridized carbons (Fsp3) is 0.393. The Morgan fingerprint density at radius 3 is 0.782 bits per heavy atom. The highest BCUT2D eigenvalue weighted by Gasteiger charge is 2.34. The molecule has 0 saturated carbocycles. The van der Waals surface area contributed by atoms with Crippen LogP contribution in [0.4, 0.5) is 26.3 Å². The molecule has 0 saturated heterocycles. The molecule has 110 heavy (non-hydrogen) atoms. The smallest absolute Gasteiger partial charge is 0.126 e. The minimum Gasteiger partial charge on any atom is -0.487 e. The molecule has 0 unspecified atom stereocenters. The highest BCUT2D eigenvalue weighted by molar-refractivity contribution is 5.41. The zero-order chi connectivity index (χ0) is 77.5. The fourth-order valence-electron chi connectivity index (χ4n) is 14.4. The van der Waals surface area contributed by atoms with Crippen LogP contribution in [0.15, 0.2) is 200 Å². The molecule has 21 heteroatoms. The number of aryl methyl sites for hydroxylation is 6. The predicted molar refractivity (Wildman–Crippen MR) is 409 cm³/mol. The molecular formula is C89H101F6N3O12. The van der Waals surface area contributed by atoms with E-state index >= 15 is 0 Å². The quantitative estimate of drug-likeness (QED) is 0.0297. The lowest BCUT2D eigenvalue weighted by Gasteiger charge is -2.35. The maximum atomic E-state index is 13.5. The average Bonchev–Trinajstić information content (AvgIpc) is 0.837. The van der Waals surface area contributed by atoms with Crippen LogP contribution in [0.1, 0.15) is 115 Å². The minimum absolute atomic E-state index is 0.145. The third-order valence-corrected chi connectivity index (χ3v) is 20.6. The van der Waals surface area contributed by atoms with Crippen molar-refractivity contribution >= 4 is 0 Å². The van der Waals surface area contributed by atoms with Gasteiger partial charge in [0.25, 0.3) is 0 Å². The third-order valence-electron chi connectivity index (χ3n) is 20.6. The van der Waals surface area contributed by atoms with Crippen LogP contribution in [0.3, 0.4) is 0 Å². The maximum Gasteiger partial charge on any atom is 0.126 e. The summed E-state index contributed by atoms with van der Waals surface area (Å²) in [6, 6.07) is 57.0. The molecule has 8 N–H and O–H groups in total. The van der Waals surface area contributed by atoms with Crippen molar-refractivity contribution in [2.24, 2.45) is 0 Å². The van der Waals surface area contributed by atoms with Gasteiger partial charge in [-0.05, 0) is 249 Å². The number of hydrogen-bond donors (Lipinski definition) is 8. The molecule has 9 aromatic rings. The van der Waals surface area contributed by atoms with Gasteiger partial charge < -0.3 is 69.7 Å². The Kier molecular flexibility index (Phi) is 30.4. The Morgan fingerprint density at radius 1 is 0.309 bits per heavy atom. The van der Waals surface area contributed by atoms with E-state index in [1.54, 1.807) is 36.4 Å². The van der Waals surface area contributed by atoms with Gasteiger partial charge in [0, 0.05) is 45.8 Å². The highest BCUT2D eigenvalue weighted by atomic mass is 19.1. The van der Waals surface area contributed by atoms with E-state index in [9.17, 15) is 57.0 Å². The van der Waals surface area contributed by atoms with Crippen LogP contribution < -0.4 is 39.1 Å². The lowest BCUT2D eigenvalue weighted by atomic mass is 9.97.